The van der Waals surface area contributed by atoms with Gasteiger partial charge < -0.3 is 15.0 Å². The van der Waals surface area contributed by atoms with Crippen LogP contribution in [-0.2, 0) is 4.79 Å². The number of carbonyl (C=O) groups is 2. The number of nitrogens with zero attached hydrogens (tertiary/aromatic N) is 4. The normalized spacial score (nSPS) is 10.7. The topological polar surface area (TPSA) is 110 Å². The van der Waals surface area contributed by atoms with Gasteiger partial charge in [-0.1, -0.05) is 0 Å². The maximum Gasteiger partial charge on any atom is 0.490 e. The summed E-state index contributed by atoms with van der Waals surface area (Å²) >= 11 is 0. The quantitative estimate of drug-likeness (QED) is 0.623. The zero-order valence-corrected chi connectivity index (χ0v) is 15.6. The third kappa shape index (κ3) is 5.83. The summed E-state index contributed by atoms with van der Waals surface area (Å²) in [6, 6.07) is 7.28. The average molecular weight is 425 g/mol. The first-order chi connectivity index (χ1) is 14.0. The summed E-state index contributed by atoms with van der Waals surface area (Å²) in [5.41, 5.74) is 3.57. The summed E-state index contributed by atoms with van der Waals surface area (Å²) in [6.45, 7) is 3.94. The van der Waals surface area contributed by atoms with E-state index < -0.39 is 23.9 Å². The highest BCUT2D eigenvalue weighted by Gasteiger charge is 2.38. The monoisotopic (exact) mass is 425 g/mol. The van der Waals surface area contributed by atoms with Crippen LogP contribution in [0.3, 0.4) is 0 Å². The number of hydrogen-bond acceptors (Lipinski definition) is 5. The number of aromatic nitrogens is 4. The zero-order chi connectivity index (χ0) is 22.5. The molecule has 0 fully saturated rings. The second-order valence-corrected chi connectivity index (χ2v) is 5.81. The number of carboxylic acid groups (broad SMARTS) is 1. The SMILES string of the molecule is Cc1ncn(-c2ccc(NC(=O)c3ncc(F)cn3)cc2)c1C.O=C(O)C(F)(F)F. The molecule has 12 heteroatoms. The molecule has 30 heavy (non-hydrogen) atoms. The summed E-state index contributed by atoms with van der Waals surface area (Å²) in [6.07, 6.45) is -1.42. The number of nitrogens with one attached hydrogen (secondary N) is 1. The first-order valence-corrected chi connectivity index (χ1v) is 8.19. The molecule has 3 aromatic rings. The number of carbonyl (C=O) groups excluding carboxylic acids is 1. The lowest BCUT2D eigenvalue weighted by Gasteiger charge is -2.08. The Labute approximate surface area is 167 Å². The number of hydrogen-bond donors (Lipinski definition) is 2. The summed E-state index contributed by atoms with van der Waals surface area (Å²) in [4.78, 5) is 32.4. The van der Waals surface area contributed by atoms with Crippen LogP contribution in [0.25, 0.3) is 5.69 Å². The molecule has 3 rings (SSSR count). The Kier molecular flexibility index (Phi) is 6.82. The van der Waals surface area contributed by atoms with Crippen LogP contribution in [0.1, 0.15) is 22.0 Å². The Morgan fingerprint density at radius 2 is 1.57 bits per heavy atom. The lowest BCUT2D eigenvalue weighted by Crippen LogP contribution is -2.21. The van der Waals surface area contributed by atoms with Crippen LogP contribution in [0.4, 0.5) is 23.2 Å². The van der Waals surface area contributed by atoms with Crippen molar-refractivity contribution in [2.24, 2.45) is 0 Å². The summed E-state index contributed by atoms with van der Waals surface area (Å²) < 4.78 is 46.5. The van der Waals surface area contributed by atoms with E-state index in [1.807, 2.05) is 30.5 Å². The van der Waals surface area contributed by atoms with Crippen molar-refractivity contribution in [2.45, 2.75) is 20.0 Å². The standard InChI is InChI=1S/C16H14FN5O.C2HF3O2/c1-10-11(2)22(9-20-10)14-5-3-13(4-6-14)21-16(23)15-18-7-12(17)8-19-15;3-2(4,5)1(6)7/h3-9H,1-2H3,(H,21,23);(H,6,7). The molecule has 0 saturated carbocycles. The number of aryl methyl sites for hydroxylation is 1. The van der Waals surface area contributed by atoms with Crippen molar-refractivity contribution in [1.29, 1.82) is 0 Å². The number of amides is 1. The van der Waals surface area contributed by atoms with Gasteiger partial charge in [-0.3, -0.25) is 4.79 Å². The van der Waals surface area contributed by atoms with Gasteiger partial charge in [-0.05, 0) is 38.1 Å². The minimum Gasteiger partial charge on any atom is -0.475 e. The second-order valence-electron chi connectivity index (χ2n) is 5.81. The van der Waals surface area contributed by atoms with Crippen LogP contribution in [0, 0.1) is 19.7 Å². The largest absolute Gasteiger partial charge is 0.490 e. The molecule has 0 saturated heterocycles. The van der Waals surface area contributed by atoms with E-state index in [0.29, 0.717) is 5.69 Å². The summed E-state index contributed by atoms with van der Waals surface area (Å²) in [5.74, 6) is -3.92. The van der Waals surface area contributed by atoms with Crippen molar-refractivity contribution >= 4 is 17.6 Å². The van der Waals surface area contributed by atoms with Gasteiger partial charge in [-0.2, -0.15) is 13.2 Å². The molecule has 0 unspecified atom stereocenters. The number of benzene rings is 1. The minimum absolute atomic E-state index is 0.0865. The van der Waals surface area contributed by atoms with Gasteiger partial charge in [0.15, 0.2) is 5.82 Å². The molecule has 8 nitrogen and oxygen atoms in total. The van der Waals surface area contributed by atoms with E-state index in [0.717, 1.165) is 29.5 Å². The zero-order valence-electron chi connectivity index (χ0n) is 15.6. The van der Waals surface area contributed by atoms with Crippen molar-refractivity contribution in [3.63, 3.8) is 0 Å². The number of imidazole rings is 1. The van der Waals surface area contributed by atoms with Gasteiger partial charge >= 0.3 is 12.1 Å². The Balaban J connectivity index is 0.000000396. The van der Waals surface area contributed by atoms with Crippen molar-refractivity contribution in [2.75, 3.05) is 5.32 Å². The highest BCUT2D eigenvalue weighted by Crippen LogP contribution is 2.17. The van der Waals surface area contributed by atoms with Crippen molar-refractivity contribution in [3.8, 4) is 5.69 Å². The van der Waals surface area contributed by atoms with E-state index in [1.54, 1.807) is 18.5 Å². The second kappa shape index (κ2) is 9.11. The molecule has 0 radical (unpaired) electrons. The predicted octanol–water partition coefficient (Wildman–Crippen LogP) is 3.30. The highest BCUT2D eigenvalue weighted by atomic mass is 19.4. The van der Waals surface area contributed by atoms with Crippen LogP contribution in [0.2, 0.25) is 0 Å². The molecule has 0 bridgehead atoms. The molecule has 2 N–H and O–H groups in total. The fourth-order valence-corrected chi connectivity index (χ4v) is 2.08. The van der Waals surface area contributed by atoms with Crippen LogP contribution in [0.15, 0.2) is 43.0 Å². The van der Waals surface area contributed by atoms with E-state index in [9.17, 15) is 22.4 Å². The molecular formula is C18H15F4N5O3. The third-order valence-corrected chi connectivity index (χ3v) is 3.72. The Hall–Kier alpha value is -3.83. The molecule has 2 aromatic heterocycles. The van der Waals surface area contributed by atoms with Crippen LogP contribution >= 0.6 is 0 Å². The van der Waals surface area contributed by atoms with Gasteiger partial charge in [-0.15, -0.1) is 0 Å². The smallest absolute Gasteiger partial charge is 0.475 e. The number of carboxylic acids is 1. The molecule has 2 heterocycles. The van der Waals surface area contributed by atoms with Gasteiger partial charge in [-0.25, -0.2) is 24.1 Å². The van der Waals surface area contributed by atoms with E-state index in [4.69, 9.17) is 9.90 Å². The Bertz CT molecular complexity index is 1030. The fourth-order valence-electron chi connectivity index (χ4n) is 2.08. The fraction of sp³-hybridized carbons (Fsp3) is 0.167. The third-order valence-electron chi connectivity index (χ3n) is 3.72. The number of alkyl halides is 3. The molecule has 0 aliphatic heterocycles. The van der Waals surface area contributed by atoms with Gasteiger partial charge in [0.2, 0.25) is 5.82 Å². The van der Waals surface area contributed by atoms with E-state index in [2.05, 4.69) is 20.3 Å². The molecule has 1 aromatic carbocycles. The van der Waals surface area contributed by atoms with Gasteiger partial charge in [0.25, 0.3) is 5.91 Å². The van der Waals surface area contributed by atoms with Crippen molar-refractivity contribution in [1.82, 2.24) is 19.5 Å². The van der Waals surface area contributed by atoms with Crippen molar-refractivity contribution in [3.05, 3.63) is 66.0 Å². The molecule has 0 aliphatic carbocycles. The Morgan fingerprint density at radius 1 is 1.03 bits per heavy atom. The van der Waals surface area contributed by atoms with Gasteiger partial charge in [0.1, 0.15) is 0 Å². The molecule has 0 aliphatic rings. The summed E-state index contributed by atoms with van der Waals surface area (Å²) in [7, 11) is 0. The molecule has 1 amide bonds. The minimum atomic E-state index is -5.08. The lowest BCUT2D eigenvalue weighted by atomic mass is 10.2. The molecule has 158 valence electrons. The van der Waals surface area contributed by atoms with Gasteiger partial charge in [0.05, 0.1) is 24.4 Å². The first kappa shape index (κ1) is 22.5. The van der Waals surface area contributed by atoms with E-state index >= 15 is 0 Å². The molecular weight excluding hydrogens is 410 g/mol. The van der Waals surface area contributed by atoms with E-state index in [1.165, 1.54) is 0 Å². The number of anilines is 1. The van der Waals surface area contributed by atoms with E-state index in [-0.39, 0.29) is 5.82 Å². The van der Waals surface area contributed by atoms with Crippen LogP contribution in [-0.4, -0.2) is 42.7 Å². The number of halogens is 4. The van der Waals surface area contributed by atoms with Crippen molar-refractivity contribution < 1.29 is 32.3 Å². The predicted molar refractivity (Wildman–Crippen MR) is 96.7 cm³/mol. The molecule has 0 spiro atoms. The Morgan fingerprint density at radius 3 is 2.00 bits per heavy atom. The highest BCUT2D eigenvalue weighted by molar-refractivity contribution is 6.01. The lowest BCUT2D eigenvalue weighted by molar-refractivity contribution is -0.192. The van der Waals surface area contributed by atoms with Gasteiger partial charge in [0, 0.05) is 17.1 Å². The maximum atomic E-state index is 12.8. The van der Waals surface area contributed by atoms with Crippen LogP contribution in [0.5, 0.6) is 0 Å². The maximum absolute atomic E-state index is 12.8. The average Bonchev–Trinajstić information content (AvgIpc) is 3.01. The number of aliphatic carboxylic acids is 1. The molecule has 0 atom stereocenters. The first-order valence-electron chi connectivity index (χ1n) is 8.19. The van der Waals surface area contributed by atoms with Crippen LogP contribution < -0.4 is 5.32 Å². The number of rotatable bonds is 3. The summed E-state index contributed by atoms with van der Waals surface area (Å²) in [5, 5.41) is 9.79.